The summed E-state index contributed by atoms with van der Waals surface area (Å²) in [5, 5.41) is 8.16. The second kappa shape index (κ2) is 9.45. The molecule has 1 fully saturated rings. The first-order valence-electron chi connectivity index (χ1n) is 10.0. The van der Waals surface area contributed by atoms with E-state index in [4.69, 9.17) is 14.2 Å². The number of rotatable bonds is 6. The molecule has 1 aliphatic heterocycles. The van der Waals surface area contributed by atoms with Crippen LogP contribution in [-0.2, 0) is 11.3 Å². The van der Waals surface area contributed by atoms with E-state index in [1.807, 2.05) is 54.7 Å². The maximum atomic E-state index is 12.2. The van der Waals surface area contributed by atoms with Crippen LogP contribution in [0.2, 0.25) is 0 Å². The van der Waals surface area contributed by atoms with Gasteiger partial charge in [-0.15, -0.1) is 0 Å². The number of alkyl carbamates (subject to hydrolysis) is 1. The van der Waals surface area contributed by atoms with Crippen molar-refractivity contribution in [1.82, 2.24) is 15.6 Å². The average Bonchev–Trinajstić information content (AvgIpc) is 2.78. The molecule has 1 saturated heterocycles. The van der Waals surface area contributed by atoms with E-state index in [1.54, 1.807) is 13.3 Å². The molecule has 1 aliphatic rings. The predicted molar refractivity (Wildman–Crippen MR) is 113 cm³/mol. The molecule has 0 saturated carbocycles. The first-order valence-corrected chi connectivity index (χ1v) is 10.0. The zero-order valence-corrected chi connectivity index (χ0v) is 16.8. The molecule has 0 aliphatic carbocycles. The zero-order valence-electron chi connectivity index (χ0n) is 16.8. The van der Waals surface area contributed by atoms with Gasteiger partial charge < -0.3 is 19.5 Å². The number of methoxy groups -OCH3 is 1. The van der Waals surface area contributed by atoms with Crippen molar-refractivity contribution in [2.24, 2.45) is 0 Å². The molecule has 2 N–H and O–H groups in total. The highest BCUT2D eigenvalue weighted by Crippen LogP contribution is 2.23. The fourth-order valence-corrected chi connectivity index (χ4v) is 3.50. The van der Waals surface area contributed by atoms with Crippen molar-refractivity contribution in [2.75, 3.05) is 13.7 Å². The van der Waals surface area contributed by atoms with E-state index in [0.717, 1.165) is 40.8 Å². The molecule has 1 aromatic heterocycles. The quantitative estimate of drug-likeness (QED) is 0.650. The lowest BCUT2D eigenvalue weighted by Gasteiger charge is -2.30. The van der Waals surface area contributed by atoms with E-state index in [-0.39, 0.29) is 6.10 Å². The maximum Gasteiger partial charge on any atom is 0.408 e. The minimum atomic E-state index is -0.464. The van der Waals surface area contributed by atoms with Gasteiger partial charge in [0.2, 0.25) is 0 Å². The van der Waals surface area contributed by atoms with E-state index in [9.17, 15) is 4.79 Å². The van der Waals surface area contributed by atoms with Crippen molar-refractivity contribution in [3.63, 3.8) is 0 Å². The van der Waals surface area contributed by atoms with E-state index in [1.165, 1.54) is 0 Å². The van der Waals surface area contributed by atoms with Crippen molar-refractivity contribution < 1.29 is 19.0 Å². The number of ether oxygens (including phenoxy) is 3. The van der Waals surface area contributed by atoms with Crippen LogP contribution in [0.5, 0.6) is 11.5 Å². The number of carbonyl (C=O) groups excluding carboxylic acids is 1. The molecule has 0 unspecified atom stereocenters. The Balaban J connectivity index is 1.28. The van der Waals surface area contributed by atoms with Crippen LogP contribution in [0.25, 0.3) is 10.8 Å². The van der Waals surface area contributed by atoms with Crippen molar-refractivity contribution in [3.05, 3.63) is 66.5 Å². The third-order valence-corrected chi connectivity index (χ3v) is 5.05. The summed E-state index contributed by atoms with van der Waals surface area (Å²) in [6, 6.07) is 15.5. The largest absolute Gasteiger partial charge is 0.497 e. The number of nitrogens with zero attached hydrogens (tertiary/aromatic N) is 1. The summed E-state index contributed by atoms with van der Waals surface area (Å²) in [4.78, 5) is 16.3. The molecule has 0 bridgehead atoms. The van der Waals surface area contributed by atoms with E-state index in [2.05, 4.69) is 15.6 Å². The number of benzene rings is 2. The fourth-order valence-electron chi connectivity index (χ4n) is 3.50. The highest BCUT2D eigenvalue weighted by atomic mass is 16.6. The van der Waals surface area contributed by atoms with Crippen molar-refractivity contribution >= 4 is 16.9 Å². The summed E-state index contributed by atoms with van der Waals surface area (Å²) in [6.45, 7) is 1.09. The number of nitrogens with one attached hydrogen (secondary N) is 2. The summed E-state index contributed by atoms with van der Waals surface area (Å²) in [7, 11) is 1.61. The van der Waals surface area contributed by atoms with Gasteiger partial charge in [-0.1, -0.05) is 12.1 Å². The Morgan fingerprint density at radius 2 is 2.10 bits per heavy atom. The highest BCUT2D eigenvalue weighted by Gasteiger charge is 2.25. The Labute approximate surface area is 175 Å². The number of amides is 1. The Morgan fingerprint density at radius 3 is 3.00 bits per heavy atom. The summed E-state index contributed by atoms with van der Waals surface area (Å²) in [6.07, 6.45) is 4.15. The third-order valence-electron chi connectivity index (χ3n) is 5.05. The number of fused-ring (bicyclic) bond motifs is 1. The summed E-state index contributed by atoms with van der Waals surface area (Å²) < 4.78 is 16.9. The number of piperidine rings is 1. The van der Waals surface area contributed by atoms with Crippen LogP contribution in [0.1, 0.15) is 18.4 Å². The second-order valence-corrected chi connectivity index (χ2v) is 7.20. The third kappa shape index (κ3) is 5.18. The molecule has 4 rings (SSSR count). The molecule has 2 aromatic carbocycles. The Hall–Kier alpha value is -3.32. The molecule has 7 heteroatoms. The Bertz CT molecular complexity index is 1010. The smallest absolute Gasteiger partial charge is 0.408 e. The lowest BCUT2D eigenvalue weighted by molar-refractivity contribution is 0.0202. The molecule has 1 amide bonds. The monoisotopic (exact) mass is 407 g/mol. The molecule has 0 spiro atoms. The van der Waals surface area contributed by atoms with Gasteiger partial charge in [0.25, 0.3) is 0 Å². The number of pyridine rings is 1. The molecule has 0 radical (unpaired) electrons. The number of carbonyl (C=O) groups is 1. The van der Waals surface area contributed by atoms with E-state index in [0.29, 0.717) is 13.0 Å². The molecule has 3 aromatic rings. The van der Waals surface area contributed by atoms with Gasteiger partial charge in [-0.3, -0.25) is 10.3 Å². The Morgan fingerprint density at radius 1 is 1.17 bits per heavy atom. The topological polar surface area (TPSA) is 81.7 Å². The van der Waals surface area contributed by atoms with Gasteiger partial charge in [0.05, 0.1) is 7.11 Å². The van der Waals surface area contributed by atoms with Crippen LogP contribution in [0.3, 0.4) is 0 Å². The molecule has 156 valence electrons. The normalized spacial score (nSPS) is 18.6. The molecule has 7 nitrogen and oxygen atoms in total. The SMILES string of the molecule is COc1cccc(CNC(=O)O[C@@H]2C[C@H](Oc3ccc4cnccc4c3)CCN2)c1. The van der Waals surface area contributed by atoms with Gasteiger partial charge in [0.15, 0.2) is 6.23 Å². The maximum absolute atomic E-state index is 12.2. The fraction of sp³-hybridized carbons (Fsp3) is 0.304. The average molecular weight is 407 g/mol. The first-order chi connectivity index (χ1) is 14.7. The van der Waals surface area contributed by atoms with Crippen LogP contribution in [0.4, 0.5) is 4.79 Å². The lowest BCUT2D eigenvalue weighted by atomic mass is 10.1. The van der Waals surface area contributed by atoms with Gasteiger partial charge in [-0.05, 0) is 53.8 Å². The summed E-state index contributed by atoms with van der Waals surface area (Å²) in [5.41, 5.74) is 0.940. The highest BCUT2D eigenvalue weighted by molar-refractivity contribution is 5.82. The molecule has 30 heavy (non-hydrogen) atoms. The standard InChI is InChI=1S/C23H25N3O4/c1-28-19-4-2-3-16(11-19)14-26-23(27)30-22-13-21(8-10-25-22)29-20-6-5-18-15-24-9-7-17(18)12-20/h2-7,9,11-12,15,21-22,25H,8,10,13-14H2,1H3,(H,26,27)/t21-,22-/m1/s1. The molecule has 2 atom stereocenters. The zero-order chi connectivity index (χ0) is 20.8. The number of hydrogen-bond acceptors (Lipinski definition) is 6. The van der Waals surface area contributed by atoms with Gasteiger partial charge >= 0.3 is 6.09 Å². The van der Waals surface area contributed by atoms with E-state index >= 15 is 0 Å². The van der Waals surface area contributed by atoms with Crippen LogP contribution >= 0.6 is 0 Å². The number of aromatic nitrogens is 1. The van der Waals surface area contributed by atoms with Gasteiger partial charge in [0.1, 0.15) is 17.6 Å². The van der Waals surface area contributed by atoms with E-state index < -0.39 is 12.3 Å². The van der Waals surface area contributed by atoms with Crippen LogP contribution in [-0.4, -0.2) is 37.1 Å². The summed E-state index contributed by atoms with van der Waals surface area (Å²) in [5.74, 6) is 1.56. The van der Waals surface area contributed by atoms with Gasteiger partial charge in [-0.2, -0.15) is 0 Å². The second-order valence-electron chi connectivity index (χ2n) is 7.20. The minimum absolute atomic E-state index is 0.0262. The van der Waals surface area contributed by atoms with Crippen LogP contribution < -0.4 is 20.1 Å². The van der Waals surface area contributed by atoms with Crippen molar-refractivity contribution in [2.45, 2.75) is 31.7 Å². The number of hydrogen-bond donors (Lipinski definition) is 2. The van der Waals surface area contributed by atoms with Gasteiger partial charge in [-0.25, -0.2) is 4.79 Å². The predicted octanol–water partition coefficient (Wildman–Crippen LogP) is 3.63. The first kappa shape index (κ1) is 20.0. The molecular formula is C23H25N3O4. The molecule has 2 heterocycles. The van der Waals surface area contributed by atoms with Crippen LogP contribution in [0, 0.1) is 0 Å². The lowest BCUT2D eigenvalue weighted by Crippen LogP contribution is -2.46. The minimum Gasteiger partial charge on any atom is -0.497 e. The van der Waals surface area contributed by atoms with Crippen molar-refractivity contribution in [3.8, 4) is 11.5 Å². The molecular weight excluding hydrogens is 382 g/mol. The van der Waals surface area contributed by atoms with Crippen molar-refractivity contribution in [1.29, 1.82) is 0 Å². The van der Waals surface area contributed by atoms with Crippen LogP contribution in [0.15, 0.2) is 60.9 Å². The summed E-state index contributed by atoms with van der Waals surface area (Å²) >= 11 is 0. The Kier molecular flexibility index (Phi) is 6.29. The van der Waals surface area contributed by atoms with Gasteiger partial charge in [0, 0.05) is 37.3 Å².